The molecule has 0 saturated carbocycles. The molecular formula is C20H15Cl4NO4. The fourth-order valence-corrected chi connectivity index (χ4v) is 5.09. The summed E-state index contributed by atoms with van der Waals surface area (Å²) in [6.45, 7) is 1.98. The number of ketones is 1. The van der Waals surface area contributed by atoms with Gasteiger partial charge in [0.1, 0.15) is 10.8 Å². The zero-order valence-corrected chi connectivity index (χ0v) is 18.1. The average molecular weight is 475 g/mol. The number of halogens is 4. The highest BCUT2D eigenvalue weighted by molar-refractivity contribution is 6.53. The number of phenolic OH excluding ortho intramolecular Hbond substituents is 1. The topological polar surface area (TPSA) is 66.8 Å². The lowest BCUT2D eigenvalue weighted by molar-refractivity contribution is -0.120. The first kappa shape index (κ1) is 20.6. The lowest BCUT2D eigenvalue weighted by Gasteiger charge is -2.37. The standard InChI is InChI=1S/C20H15Cl4NO4/c21-13-12(20(29-8-26)16(24)15(23)14(13)22)19(28)11-7-9-3-1-5-25-6-2-4-10(17(9)25)18(11)27/h7-8,27H,1-6H2. The molecule has 9 heteroatoms. The highest BCUT2D eigenvalue weighted by atomic mass is 35.5. The monoisotopic (exact) mass is 473 g/mol. The average Bonchev–Trinajstić information content (AvgIpc) is 2.73. The molecule has 2 aromatic rings. The van der Waals surface area contributed by atoms with Crippen LogP contribution < -0.4 is 9.64 Å². The number of rotatable bonds is 4. The molecule has 4 rings (SSSR count). The lowest BCUT2D eigenvalue weighted by Crippen LogP contribution is -2.34. The molecule has 5 nitrogen and oxygen atoms in total. The van der Waals surface area contributed by atoms with Crippen LogP contribution in [0.1, 0.15) is 39.9 Å². The summed E-state index contributed by atoms with van der Waals surface area (Å²) in [5, 5.41) is 10.3. The van der Waals surface area contributed by atoms with E-state index in [-0.39, 0.29) is 49.2 Å². The summed E-state index contributed by atoms with van der Waals surface area (Å²) >= 11 is 24.6. The molecule has 2 aromatic carbocycles. The third-order valence-corrected chi connectivity index (χ3v) is 7.14. The summed E-state index contributed by atoms with van der Waals surface area (Å²) in [5.41, 5.74) is 2.60. The molecule has 0 unspecified atom stereocenters. The highest BCUT2D eigenvalue weighted by Crippen LogP contribution is 2.48. The van der Waals surface area contributed by atoms with E-state index in [1.54, 1.807) is 6.07 Å². The second-order valence-corrected chi connectivity index (χ2v) is 8.47. The van der Waals surface area contributed by atoms with Gasteiger partial charge in [-0.1, -0.05) is 46.4 Å². The summed E-state index contributed by atoms with van der Waals surface area (Å²) in [7, 11) is 0. The van der Waals surface area contributed by atoms with E-state index in [9.17, 15) is 14.7 Å². The molecule has 2 aliphatic rings. The Kier molecular flexibility index (Phi) is 5.60. The molecule has 0 aliphatic carbocycles. The van der Waals surface area contributed by atoms with Crippen LogP contribution in [0, 0.1) is 0 Å². The zero-order chi connectivity index (χ0) is 20.9. The van der Waals surface area contributed by atoms with Gasteiger partial charge in [-0.15, -0.1) is 0 Å². The molecule has 2 heterocycles. The highest BCUT2D eigenvalue weighted by Gasteiger charge is 2.33. The number of benzene rings is 2. The van der Waals surface area contributed by atoms with Gasteiger partial charge in [0.2, 0.25) is 5.78 Å². The summed E-state index contributed by atoms with van der Waals surface area (Å²) in [6.07, 6.45) is 3.31. The molecule has 0 atom stereocenters. The number of carbonyl (C=O) groups excluding carboxylic acids is 2. The quantitative estimate of drug-likeness (QED) is 0.275. The van der Waals surface area contributed by atoms with Gasteiger partial charge in [0, 0.05) is 24.3 Å². The number of aromatic hydroxyl groups is 1. The number of hydrogen-bond donors (Lipinski definition) is 1. The van der Waals surface area contributed by atoms with Gasteiger partial charge >= 0.3 is 0 Å². The number of anilines is 1. The van der Waals surface area contributed by atoms with Gasteiger partial charge < -0.3 is 14.7 Å². The van der Waals surface area contributed by atoms with Gasteiger partial charge in [0.15, 0.2) is 5.75 Å². The predicted molar refractivity (Wildman–Crippen MR) is 114 cm³/mol. The van der Waals surface area contributed by atoms with Crippen LogP contribution in [-0.2, 0) is 17.6 Å². The summed E-state index contributed by atoms with van der Waals surface area (Å²) in [5.74, 6) is -1.04. The SMILES string of the molecule is O=COc1c(Cl)c(Cl)c(Cl)c(Cl)c1C(=O)c1cc2c3c(c1O)CCCN3CCC2. The second kappa shape index (κ2) is 7.88. The molecular weight excluding hydrogens is 460 g/mol. The Hall–Kier alpha value is -1.66. The van der Waals surface area contributed by atoms with Gasteiger partial charge in [0.05, 0.1) is 26.2 Å². The molecule has 152 valence electrons. The fraction of sp³-hybridized carbons (Fsp3) is 0.300. The molecule has 1 N–H and O–H groups in total. The molecule has 0 amide bonds. The molecule has 2 aliphatic heterocycles. The minimum absolute atomic E-state index is 0.0644. The third kappa shape index (κ3) is 3.25. The molecule has 0 fully saturated rings. The fourth-order valence-electron chi connectivity index (χ4n) is 4.12. The van der Waals surface area contributed by atoms with Crippen molar-refractivity contribution in [2.24, 2.45) is 0 Å². The lowest BCUT2D eigenvalue weighted by atomic mass is 9.87. The van der Waals surface area contributed by atoms with E-state index in [0.29, 0.717) is 6.42 Å². The smallest absolute Gasteiger partial charge is 0.298 e. The van der Waals surface area contributed by atoms with Crippen molar-refractivity contribution in [1.29, 1.82) is 0 Å². The Bertz CT molecular complexity index is 1050. The predicted octanol–water partition coefficient (Wildman–Crippen LogP) is 5.47. The van der Waals surface area contributed by atoms with Crippen LogP contribution in [0.3, 0.4) is 0 Å². The summed E-state index contributed by atoms with van der Waals surface area (Å²) in [4.78, 5) is 26.7. The molecule has 29 heavy (non-hydrogen) atoms. The van der Waals surface area contributed by atoms with E-state index >= 15 is 0 Å². The maximum Gasteiger partial charge on any atom is 0.298 e. The van der Waals surface area contributed by atoms with E-state index in [1.165, 1.54) is 0 Å². The normalized spacial score (nSPS) is 15.1. The Balaban J connectivity index is 1.94. The minimum atomic E-state index is -0.647. The maximum atomic E-state index is 13.4. The number of carbonyl (C=O) groups is 2. The van der Waals surface area contributed by atoms with Gasteiger partial charge in [-0.05, 0) is 37.3 Å². The Labute approximate surface area is 187 Å². The van der Waals surface area contributed by atoms with E-state index < -0.39 is 5.78 Å². The van der Waals surface area contributed by atoms with E-state index in [0.717, 1.165) is 49.2 Å². The second-order valence-electron chi connectivity index (χ2n) is 6.96. The van der Waals surface area contributed by atoms with Crippen LogP contribution in [0.15, 0.2) is 6.07 Å². The van der Waals surface area contributed by atoms with Gasteiger partial charge in [-0.25, -0.2) is 0 Å². The Morgan fingerprint density at radius 2 is 1.69 bits per heavy atom. The van der Waals surface area contributed by atoms with Crippen molar-refractivity contribution in [1.82, 2.24) is 0 Å². The molecule has 0 saturated heterocycles. The van der Waals surface area contributed by atoms with E-state index in [2.05, 4.69) is 4.90 Å². The van der Waals surface area contributed by atoms with Crippen molar-refractivity contribution in [2.45, 2.75) is 25.7 Å². The molecule has 0 spiro atoms. The maximum absolute atomic E-state index is 13.4. The molecule has 0 aromatic heterocycles. The van der Waals surface area contributed by atoms with Crippen LogP contribution >= 0.6 is 46.4 Å². The first-order valence-electron chi connectivity index (χ1n) is 9.00. The first-order chi connectivity index (χ1) is 13.9. The van der Waals surface area contributed by atoms with Crippen LogP contribution in [0.4, 0.5) is 5.69 Å². The van der Waals surface area contributed by atoms with Gasteiger partial charge in [-0.2, -0.15) is 0 Å². The van der Waals surface area contributed by atoms with Gasteiger partial charge in [0.25, 0.3) is 6.47 Å². The molecule has 0 radical (unpaired) electrons. The third-order valence-electron chi connectivity index (χ3n) is 5.36. The summed E-state index contributed by atoms with van der Waals surface area (Å²) in [6, 6.07) is 1.67. The van der Waals surface area contributed by atoms with E-state index in [1.807, 2.05) is 0 Å². The summed E-state index contributed by atoms with van der Waals surface area (Å²) < 4.78 is 4.91. The number of aryl methyl sites for hydroxylation is 1. The Morgan fingerprint density at radius 1 is 1.03 bits per heavy atom. The Morgan fingerprint density at radius 3 is 2.38 bits per heavy atom. The number of phenols is 1. The van der Waals surface area contributed by atoms with Crippen molar-refractivity contribution in [3.05, 3.63) is 48.4 Å². The van der Waals surface area contributed by atoms with Crippen molar-refractivity contribution in [3.8, 4) is 11.5 Å². The number of ether oxygens (including phenoxy) is 1. The zero-order valence-electron chi connectivity index (χ0n) is 15.0. The van der Waals surface area contributed by atoms with Crippen LogP contribution in [0.25, 0.3) is 0 Å². The van der Waals surface area contributed by atoms with Gasteiger partial charge in [-0.3, -0.25) is 9.59 Å². The number of nitrogens with zero attached hydrogens (tertiary/aromatic N) is 1. The van der Waals surface area contributed by atoms with Crippen molar-refractivity contribution < 1.29 is 19.4 Å². The van der Waals surface area contributed by atoms with Crippen LogP contribution in [-0.4, -0.2) is 30.5 Å². The van der Waals surface area contributed by atoms with Crippen molar-refractivity contribution >= 4 is 64.3 Å². The molecule has 0 bridgehead atoms. The van der Waals surface area contributed by atoms with Crippen molar-refractivity contribution in [3.63, 3.8) is 0 Å². The first-order valence-corrected chi connectivity index (χ1v) is 10.5. The van der Waals surface area contributed by atoms with Crippen molar-refractivity contribution in [2.75, 3.05) is 18.0 Å². The largest absolute Gasteiger partial charge is 0.507 e. The minimum Gasteiger partial charge on any atom is -0.507 e. The number of hydrogen-bond acceptors (Lipinski definition) is 5. The van der Waals surface area contributed by atoms with Crippen LogP contribution in [0.5, 0.6) is 11.5 Å². The van der Waals surface area contributed by atoms with Crippen LogP contribution in [0.2, 0.25) is 20.1 Å². The van der Waals surface area contributed by atoms with E-state index in [4.69, 9.17) is 51.1 Å².